The van der Waals surface area contributed by atoms with Gasteiger partial charge in [0.25, 0.3) is 0 Å². The molecule has 0 unspecified atom stereocenters. The maximum atomic E-state index is 9.21. The van der Waals surface area contributed by atoms with Crippen molar-refractivity contribution in [1.82, 2.24) is 0 Å². The minimum atomic E-state index is -0.234. The third kappa shape index (κ3) is 2.20. The maximum Gasteiger partial charge on any atom is 0.0611 e. The van der Waals surface area contributed by atoms with Crippen molar-refractivity contribution in [1.29, 1.82) is 0 Å². The fourth-order valence-corrected chi connectivity index (χ4v) is 2.01. The molecule has 0 aliphatic heterocycles. The lowest BCUT2D eigenvalue weighted by Gasteiger charge is -2.27. The molecular weight excluding hydrogens is 150 g/mol. The van der Waals surface area contributed by atoms with Crippen LogP contribution in [0, 0.1) is 11.8 Å². The van der Waals surface area contributed by atoms with Gasteiger partial charge in [-0.15, -0.1) is 0 Å². The molecule has 0 spiro atoms. The van der Waals surface area contributed by atoms with Crippen molar-refractivity contribution >= 4 is 0 Å². The van der Waals surface area contributed by atoms with Crippen LogP contribution in [0.15, 0.2) is 0 Å². The van der Waals surface area contributed by atoms with E-state index >= 15 is 0 Å². The van der Waals surface area contributed by atoms with Gasteiger partial charge in [-0.25, -0.2) is 0 Å². The lowest BCUT2D eigenvalue weighted by molar-refractivity contribution is 0.167. The van der Waals surface area contributed by atoms with Gasteiger partial charge in [-0.3, -0.25) is 0 Å². The van der Waals surface area contributed by atoms with Crippen LogP contribution < -0.4 is 5.73 Å². The van der Waals surface area contributed by atoms with E-state index in [2.05, 4.69) is 0 Å². The first kappa shape index (κ1) is 8.52. The van der Waals surface area contributed by atoms with Gasteiger partial charge < -0.3 is 10.8 Å². The lowest BCUT2D eigenvalue weighted by Crippen LogP contribution is -2.44. The molecule has 0 atom stereocenters. The van der Waals surface area contributed by atoms with E-state index < -0.39 is 0 Å². The van der Waals surface area contributed by atoms with Crippen molar-refractivity contribution in [2.24, 2.45) is 17.6 Å². The van der Waals surface area contributed by atoms with Gasteiger partial charge in [-0.2, -0.15) is 0 Å². The average molecular weight is 169 g/mol. The molecule has 0 saturated heterocycles. The summed E-state index contributed by atoms with van der Waals surface area (Å²) in [5.74, 6) is 1.67. The fraction of sp³-hybridized carbons (Fsp3) is 1.00. The highest BCUT2D eigenvalue weighted by Gasteiger charge is 2.37. The van der Waals surface area contributed by atoms with Crippen molar-refractivity contribution in [3.8, 4) is 0 Å². The largest absolute Gasteiger partial charge is 0.394 e. The summed E-state index contributed by atoms with van der Waals surface area (Å²) in [6.07, 6.45) is 7.46. The zero-order valence-corrected chi connectivity index (χ0v) is 7.63. The lowest BCUT2D eigenvalue weighted by atomic mass is 9.89. The molecule has 2 heteroatoms. The minimum Gasteiger partial charge on any atom is -0.394 e. The zero-order valence-electron chi connectivity index (χ0n) is 7.63. The Balaban J connectivity index is 1.81. The summed E-state index contributed by atoms with van der Waals surface area (Å²) in [5.41, 5.74) is 5.90. The van der Waals surface area contributed by atoms with Gasteiger partial charge in [-0.05, 0) is 24.7 Å². The predicted octanol–water partition coefficient (Wildman–Crippen LogP) is 1.28. The molecule has 0 aromatic carbocycles. The molecule has 0 aromatic rings. The van der Waals surface area contributed by atoms with Crippen molar-refractivity contribution in [2.75, 3.05) is 6.61 Å². The first-order valence-electron chi connectivity index (χ1n) is 5.12. The first-order valence-corrected chi connectivity index (χ1v) is 5.12. The Hall–Kier alpha value is -0.0800. The summed E-state index contributed by atoms with van der Waals surface area (Å²) in [5, 5.41) is 9.21. The quantitative estimate of drug-likeness (QED) is 0.651. The second-order valence-electron chi connectivity index (χ2n) is 4.82. The number of aliphatic hydroxyl groups excluding tert-OH is 1. The van der Waals surface area contributed by atoms with Crippen LogP contribution >= 0.6 is 0 Å². The molecular formula is C10H19NO. The number of hydrogen-bond donors (Lipinski definition) is 2. The topological polar surface area (TPSA) is 46.2 Å². The van der Waals surface area contributed by atoms with Crippen molar-refractivity contribution < 1.29 is 5.11 Å². The second-order valence-corrected chi connectivity index (χ2v) is 4.82. The minimum absolute atomic E-state index is 0.181. The fourth-order valence-electron chi connectivity index (χ4n) is 2.01. The molecule has 2 aliphatic carbocycles. The Bertz CT molecular complexity index is 147. The van der Waals surface area contributed by atoms with E-state index in [-0.39, 0.29) is 12.1 Å². The van der Waals surface area contributed by atoms with Crippen LogP contribution in [0.2, 0.25) is 0 Å². The van der Waals surface area contributed by atoms with Gasteiger partial charge in [0.1, 0.15) is 0 Å². The summed E-state index contributed by atoms with van der Waals surface area (Å²) < 4.78 is 0. The van der Waals surface area contributed by atoms with Crippen LogP contribution in [0.25, 0.3) is 0 Å². The molecule has 0 heterocycles. The van der Waals surface area contributed by atoms with Crippen LogP contribution in [0.4, 0.5) is 0 Å². The summed E-state index contributed by atoms with van der Waals surface area (Å²) in [7, 11) is 0. The van der Waals surface area contributed by atoms with Gasteiger partial charge in [0, 0.05) is 5.54 Å². The van der Waals surface area contributed by atoms with Crippen LogP contribution in [-0.2, 0) is 0 Å². The maximum absolute atomic E-state index is 9.21. The second kappa shape index (κ2) is 3.00. The Morgan fingerprint density at radius 1 is 1.08 bits per heavy atom. The van der Waals surface area contributed by atoms with Gasteiger partial charge in [0.2, 0.25) is 0 Å². The van der Waals surface area contributed by atoms with Crippen LogP contribution in [0.3, 0.4) is 0 Å². The molecule has 2 rings (SSSR count). The Kier molecular flexibility index (Phi) is 2.13. The molecule has 2 fully saturated rings. The van der Waals surface area contributed by atoms with E-state index in [0.29, 0.717) is 0 Å². The SMILES string of the molecule is NC(CO)(CC1CC1)CC1CC1. The zero-order chi connectivity index (χ0) is 8.60. The van der Waals surface area contributed by atoms with Crippen molar-refractivity contribution in [3.05, 3.63) is 0 Å². The Morgan fingerprint density at radius 2 is 1.50 bits per heavy atom. The van der Waals surface area contributed by atoms with E-state index in [4.69, 9.17) is 5.73 Å². The van der Waals surface area contributed by atoms with E-state index in [0.717, 1.165) is 24.7 Å². The Morgan fingerprint density at radius 3 is 1.75 bits per heavy atom. The molecule has 70 valence electrons. The molecule has 0 aromatic heterocycles. The summed E-state index contributed by atoms with van der Waals surface area (Å²) in [6.45, 7) is 0.181. The number of hydrogen-bond acceptors (Lipinski definition) is 2. The van der Waals surface area contributed by atoms with E-state index in [1.165, 1.54) is 25.7 Å². The normalized spacial score (nSPS) is 24.5. The Labute approximate surface area is 74.1 Å². The third-order valence-corrected chi connectivity index (χ3v) is 3.10. The molecule has 0 radical (unpaired) electrons. The number of rotatable bonds is 5. The van der Waals surface area contributed by atoms with Crippen molar-refractivity contribution in [3.63, 3.8) is 0 Å². The molecule has 0 amide bonds. The molecule has 0 bridgehead atoms. The summed E-state index contributed by atoms with van der Waals surface area (Å²) >= 11 is 0. The van der Waals surface area contributed by atoms with E-state index in [9.17, 15) is 5.11 Å². The highest BCUT2D eigenvalue weighted by Crippen LogP contribution is 2.42. The molecule has 2 aliphatic rings. The standard InChI is InChI=1S/C10H19NO/c11-10(7-12,5-8-1-2-8)6-9-3-4-9/h8-9,12H,1-7,11H2. The van der Waals surface area contributed by atoms with Crippen LogP contribution in [0.5, 0.6) is 0 Å². The van der Waals surface area contributed by atoms with Crippen LogP contribution in [-0.4, -0.2) is 17.3 Å². The van der Waals surface area contributed by atoms with E-state index in [1.54, 1.807) is 0 Å². The van der Waals surface area contributed by atoms with E-state index in [1.807, 2.05) is 0 Å². The van der Waals surface area contributed by atoms with Gasteiger partial charge in [-0.1, -0.05) is 25.7 Å². The monoisotopic (exact) mass is 169 g/mol. The molecule has 12 heavy (non-hydrogen) atoms. The highest BCUT2D eigenvalue weighted by molar-refractivity contribution is 4.94. The average Bonchev–Trinajstić information content (AvgIpc) is 2.85. The van der Waals surface area contributed by atoms with Crippen molar-refractivity contribution in [2.45, 2.75) is 44.1 Å². The van der Waals surface area contributed by atoms with Gasteiger partial charge in [0.15, 0.2) is 0 Å². The summed E-state index contributed by atoms with van der Waals surface area (Å²) in [4.78, 5) is 0. The third-order valence-electron chi connectivity index (χ3n) is 3.10. The smallest absolute Gasteiger partial charge is 0.0611 e. The number of nitrogens with two attached hydrogens (primary N) is 1. The number of aliphatic hydroxyl groups is 1. The highest BCUT2D eigenvalue weighted by atomic mass is 16.3. The van der Waals surface area contributed by atoms with Gasteiger partial charge >= 0.3 is 0 Å². The summed E-state index contributed by atoms with van der Waals surface area (Å²) in [6, 6.07) is 0. The van der Waals surface area contributed by atoms with Gasteiger partial charge in [0.05, 0.1) is 6.61 Å². The molecule has 2 saturated carbocycles. The predicted molar refractivity (Wildman–Crippen MR) is 48.7 cm³/mol. The molecule has 2 nitrogen and oxygen atoms in total. The molecule has 3 N–H and O–H groups in total. The van der Waals surface area contributed by atoms with Crippen LogP contribution in [0.1, 0.15) is 38.5 Å². The first-order chi connectivity index (χ1) is 5.72.